The molecule has 1 aromatic heterocycles. The molecular formula is C20H25N5O. The molecule has 0 bridgehead atoms. The Kier molecular flexibility index (Phi) is 5.78. The van der Waals surface area contributed by atoms with Gasteiger partial charge in [-0.15, -0.1) is 0 Å². The molecule has 0 aliphatic carbocycles. The number of nitrogens with one attached hydrogen (secondary N) is 2. The fraction of sp³-hybridized carbons (Fsp3) is 0.300. The SMILES string of the molecule is CCc1nc(NC(CNC)c2ccccc2)c2cccc(C(N)O)c2n1. The van der Waals surface area contributed by atoms with Crippen molar-refractivity contribution in [2.75, 3.05) is 18.9 Å². The lowest BCUT2D eigenvalue weighted by Crippen LogP contribution is -2.24. The van der Waals surface area contributed by atoms with E-state index in [9.17, 15) is 5.11 Å². The average molecular weight is 351 g/mol. The number of aliphatic hydroxyl groups excluding tert-OH is 1. The van der Waals surface area contributed by atoms with E-state index in [2.05, 4.69) is 27.8 Å². The Bertz CT molecular complexity index is 867. The first kappa shape index (κ1) is 18.3. The molecule has 136 valence electrons. The Morgan fingerprint density at radius 1 is 1.08 bits per heavy atom. The summed E-state index contributed by atoms with van der Waals surface area (Å²) in [6.07, 6.45) is -0.379. The summed E-state index contributed by atoms with van der Waals surface area (Å²) in [5.74, 6) is 1.46. The summed E-state index contributed by atoms with van der Waals surface area (Å²) >= 11 is 0. The van der Waals surface area contributed by atoms with Crippen molar-refractivity contribution < 1.29 is 5.11 Å². The van der Waals surface area contributed by atoms with Gasteiger partial charge >= 0.3 is 0 Å². The highest BCUT2D eigenvalue weighted by molar-refractivity contribution is 5.91. The molecule has 2 aromatic carbocycles. The van der Waals surface area contributed by atoms with Crippen molar-refractivity contribution >= 4 is 16.7 Å². The van der Waals surface area contributed by atoms with Crippen LogP contribution in [-0.2, 0) is 6.42 Å². The summed E-state index contributed by atoms with van der Waals surface area (Å²) in [4.78, 5) is 9.29. The number of nitrogens with zero attached hydrogens (tertiary/aromatic N) is 2. The van der Waals surface area contributed by atoms with Crippen LogP contribution in [0.2, 0.25) is 0 Å². The van der Waals surface area contributed by atoms with E-state index in [-0.39, 0.29) is 6.04 Å². The van der Waals surface area contributed by atoms with Crippen molar-refractivity contribution in [2.45, 2.75) is 25.6 Å². The van der Waals surface area contributed by atoms with Crippen LogP contribution in [0.5, 0.6) is 0 Å². The molecule has 0 amide bonds. The number of fused-ring (bicyclic) bond motifs is 1. The van der Waals surface area contributed by atoms with Gasteiger partial charge in [0.05, 0.1) is 11.6 Å². The summed E-state index contributed by atoms with van der Waals surface area (Å²) in [7, 11) is 1.93. The molecule has 26 heavy (non-hydrogen) atoms. The Morgan fingerprint density at radius 3 is 2.50 bits per heavy atom. The van der Waals surface area contributed by atoms with Gasteiger partial charge in [-0.25, -0.2) is 9.97 Å². The molecule has 0 saturated carbocycles. The molecule has 6 heteroatoms. The van der Waals surface area contributed by atoms with Crippen LogP contribution < -0.4 is 16.4 Å². The second-order valence-corrected chi connectivity index (χ2v) is 6.20. The van der Waals surface area contributed by atoms with Crippen LogP contribution >= 0.6 is 0 Å². The molecule has 0 fully saturated rings. The van der Waals surface area contributed by atoms with Crippen LogP contribution in [0.25, 0.3) is 10.9 Å². The molecule has 0 aliphatic rings. The van der Waals surface area contributed by atoms with E-state index in [1.165, 1.54) is 5.56 Å². The molecule has 0 spiro atoms. The van der Waals surface area contributed by atoms with Crippen molar-refractivity contribution in [1.82, 2.24) is 15.3 Å². The Balaban J connectivity index is 2.09. The van der Waals surface area contributed by atoms with Crippen LogP contribution in [0, 0.1) is 0 Å². The lowest BCUT2D eigenvalue weighted by Gasteiger charge is -2.21. The van der Waals surface area contributed by atoms with Crippen LogP contribution in [0.1, 0.15) is 36.1 Å². The van der Waals surface area contributed by atoms with E-state index in [1.807, 2.05) is 44.3 Å². The second kappa shape index (κ2) is 8.23. The number of aliphatic hydroxyl groups is 1. The van der Waals surface area contributed by atoms with Crippen LogP contribution in [0.15, 0.2) is 48.5 Å². The number of aryl methyl sites for hydroxylation is 1. The Labute approximate surface area is 153 Å². The molecule has 0 saturated heterocycles. The second-order valence-electron chi connectivity index (χ2n) is 6.20. The van der Waals surface area contributed by atoms with Crippen molar-refractivity contribution in [3.05, 3.63) is 65.5 Å². The fourth-order valence-electron chi connectivity index (χ4n) is 3.03. The minimum Gasteiger partial charge on any atom is -0.374 e. The van der Waals surface area contributed by atoms with Crippen LogP contribution in [-0.4, -0.2) is 28.7 Å². The highest BCUT2D eigenvalue weighted by atomic mass is 16.3. The minimum atomic E-state index is -1.08. The summed E-state index contributed by atoms with van der Waals surface area (Å²) in [6.45, 7) is 2.75. The van der Waals surface area contributed by atoms with Gasteiger partial charge in [-0.05, 0) is 18.7 Å². The zero-order valence-corrected chi connectivity index (χ0v) is 15.1. The van der Waals surface area contributed by atoms with Crippen molar-refractivity contribution in [3.63, 3.8) is 0 Å². The number of rotatable bonds is 7. The van der Waals surface area contributed by atoms with Gasteiger partial charge in [0.15, 0.2) is 0 Å². The van der Waals surface area contributed by atoms with E-state index in [0.717, 1.165) is 17.7 Å². The van der Waals surface area contributed by atoms with E-state index in [1.54, 1.807) is 6.07 Å². The zero-order chi connectivity index (χ0) is 18.5. The van der Waals surface area contributed by atoms with E-state index >= 15 is 0 Å². The summed E-state index contributed by atoms with van der Waals surface area (Å²) in [5.41, 5.74) is 8.19. The molecule has 0 radical (unpaired) electrons. The highest BCUT2D eigenvalue weighted by Crippen LogP contribution is 2.28. The highest BCUT2D eigenvalue weighted by Gasteiger charge is 2.17. The van der Waals surface area contributed by atoms with E-state index in [4.69, 9.17) is 10.7 Å². The standard InChI is InChI=1S/C20H25N5O/c1-3-17-24-18-14(19(21)26)10-7-11-15(18)20(25-17)23-16(12-22-2)13-8-5-4-6-9-13/h4-11,16,19,22,26H,3,12,21H2,1-2H3,(H,23,24,25). The van der Waals surface area contributed by atoms with Gasteiger partial charge in [0, 0.05) is 23.9 Å². The molecule has 3 aromatic rings. The number of nitrogens with two attached hydrogens (primary N) is 1. The third kappa shape index (κ3) is 3.83. The monoisotopic (exact) mass is 351 g/mol. The lowest BCUT2D eigenvalue weighted by molar-refractivity contribution is 0.187. The summed E-state index contributed by atoms with van der Waals surface area (Å²) < 4.78 is 0. The lowest BCUT2D eigenvalue weighted by atomic mass is 10.1. The van der Waals surface area contributed by atoms with Gasteiger partial charge in [0.1, 0.15) is 17.9 Å². The third-order valence-electron chi connectivity index (χ3n) is 4.36. The van der Waals surface area contributed by atoms with Crippen LogP contribution in [0.3, 0.4) is 0 Å². The maximum absolute atomic E-state index is 9.91. The molecule has 3 rings (SSSR count). The first-order valence-corrected chi connectivity index (χ1v) is 8.83. The van der Waals surface area contributed by atoms with Crippen LogP contribution in [0.4, 0.5) is 5.82 Å². The summed E-state index contributed by atoms with van der Waals surface area (Å²) in [5, 5.41) is 17.5. The van der Waals surface area contributed by atoms with Gasteiger partial charge in [0.2, 0.25) is 0 Å². The molecule has 2 unspecified atom stereocenters. The number of anilines is 1. The van der Waals surface area contributed by atoms with Gasteiger partial charge in [-0.3, -0.25) is 0 Å². The molecule has 2 atom stereocenters. The molecule has 1 heterocycles. The predicted octanol–water partition coefficient (Wildman–Crippen LogP) is 2.51. The quantitative estimate of drug-likeness (QED) is 0.489. The van der Waals surface area contributed by atoms with Crippen molar-refractivity contribution in [3.8, 4) is 0 Å². The van der Waals surface area contributed by atoms with E-state index in [0.29, 0.717) is 23.3 Å². The maximum atomic E-state index is 9.91. The minimum absolute atomic E-state index is 0.0514. The average Bonchev–Trinajstić information content (AvgIpc) is 2.67. The predicted molar refractivity (Wildman–Crippen MR) is 105 cm³/mol. The van der Waals surface area contributed by atoms with Gasteiger partial charge in [-0.1, -0.05) is 49.4 Å². The molecule has 6 nitrogen and oxygen atoms in total. The number of aromatic nitrogens is 2. The van der Waals surface area contributed by atoms with Gasteiger partial charge in [0.25, 0.3) is 0 Å². The first-order valence-electron chi connectivity index (χ1n) is 8.83. The largest absolute Gasteiger partial charge is 0.374 e. The Morgan fingerprint density at radius 2 is 1.85 bits per heavy atom. The maximum Gasteiger partial charge on any atom is 0.138 e. The first-order chi connectivity index (χ1) is 12.6. The fourth-order valence-corrected chi connectivity index (χ4v) is 3.03. The number of likely N-dealkylation sites (N-methyl/N-ethyl adjacent to an activating group) is 1. The normalized spacial score (nSPS) is 13.5. The zero-order valence-electron chi connectivity index (χ0n) is 15.1. The van der Waals surface area contributed by atoms with E-state index < -0.39 is 6.23 Å². The number of hydrogen-bond acceptors (Lipinski definition) is 6. The van der Waals surface area contributed by atoms with Gasteiger partial charge < -0.3 is 21.5 Å². The Hall–Kier alpha value is -2.54. The van der Waals surface area contributed by atoms with Crippen molar-refractivity contribution in [2.24, 2.45) is 5.73 Å². The topological polar surface area (TPSA) is 96.1 Å². The number of benzene rings is 2. The number of para-hydroxylation sites is 1. The number of hydrogen-bond donors (Lipinski definition) is 4. The van der Waals surface area contributed by atoms with Crippen molar-refractivity contribution in [1.29, 1.82) is 0 Å². The molecule has 5 N–H and O–H groups in total. The van der Waals surface area contributed by atoms with Gasteiger partial charge in [-0.2, -0.15) is 0 Å². The third-order valence-corrected chi connectivity index (χ3v) is 4.36. The smallest absolute Gasteiger partial charge is 0.138 e. The summed E-state index contributed by atoms with van der Waals surface area (Å²) in [6, 6.07) is 15.9. The molecule has 0 aliphatic heterocycles. The molecular weight excluding hydrogens is 326 g/mol.